The SMILES string of the molecule is COC(=O)CC(c1cc(F)ccc1C)C(C)(C)N. The molecule has 0 amide bonds. The van der Waals surface area contributed by atoms with Crippen molar-refractivity contribution >= 4 is 5.97 Å². The van der Waals surface area contributed by atoms with Gasteiger partial charge in [0.25, 0.3) is 0 Å². The number of nitrogens with two attached hydrogens (primary N) is 1. The summed E-state index contributed by atoms with van der Waals surface area (Å²) >= 11 is 0. The van der Waals surface area contributed by atoms with Crippen molar-refractivity contribution in [3.05, 3.63) is 35.1 Å². The number of carbonyl (C=O) groups excluding carboxylic acids is 1. The minimum atomic E-state index is -0.632. The molecule has 1 unspecified atom stereocenters. The molecule has 1 rings (SSSR count). The van der Waals surface area contributed by atoms with Gasteiger partial charge in [-0.25, -0.2) is 4.39 Å². The van der Waals surface area contributed by atoms with Crippen molar-refractivity contribution in [2.75, 3.05) is 7.11 Å². The summed E-state index contributed by atoms with van der Waals surface area (Å²) in [6.45, 7) is 5.53. The molecule has 0 aliphatic rings. The number of esters is 1. The van der Waals surface area contributed by atoms with E-state index in [0.29, 0.717) is 0 Å². The highest BCUT2D eigenvalue weighted by molar-refractivity contribution is 5.70. The fraction of sp³-hybridized carbons (Fsp3) is 0.500. The van der Waals surface area contributed by atoms with Crippen molar-refractivity contribution in [2.24, 2.45) is 5.73 Å². The van der Waals surface area contributed by atoms with Gasteiger partial charge in [0.05, 0.1) is 13.5 Å². The lowest BCUT2D eigenvalue weighted by Gasteiger charge is -2.31. The quantitative estimate of drug-likeness (QED) is 0.839. The van der Waals surface area contributed by atoms with E-state index in [0.717, 1.165) is 11.1 Å². The summed E-state index contributed by atoms with van der Waals surface area (Å²) in [5.41, 5.74) is 7.15. The first kappa shape index (κ1) is 14.6. The Balaban J connectivity index is 3.17. The number of hydrogen-bond acceptors (Lipinski definition) is 3. The highest BCUT2D eigenvalue weighted by Crippen LogP contribution is 2.32. The first-order valence-electron chi connectivity index (χ1n) is 5.87. The molecule has 0 spiro atoms. The molecule has 0 aliphatic heterocycles. The topological polar surface area (TPSA) is 52.3 Å². The second kappa shape index (κ2) is 5.48. The van der Waals surface area contributed by atoms with Crippen LogP contribution in [0.25, 0.3) is 0 Å². The van der Waals surface area contributed by atoms with E-state index in [4.69, 9.17) is 5.73 Å². The number of methoxy groups -OCH3 is 1. The van der Waals surface area contributed by atoms with Crippen LogP contribution in [0.4, 0.5) is 4.39 Å². The van der Waals surface area contributed by atoms with Crippen LogP contribution in [0, 0.1) is 12.7 Å². The van der Waals surface area contributed by atoms with Gasteiger partial charge in [-0.3, -0.25) is 4.79 Å². The van der Waals surface area contributed by atoms with Crippen LogP contribution in [0.1, 0.15) is 37.3 Å². The van der Waals surface area contributed by atoms with Crippen molar-refractivity contribution in [2.45, 2.75) is 38.6 Å². The molecule has 0 aliphatic carbocycles. The van der Waals surface area contributed by atoms with Crippen LogP contribution in [-0.2, 0) is 9.53 Å². The van der Waals surface area contributed by atoms with Crippen LogP contribution < -0.4 is 5.73 Å². The van der Waals surface area contributed by atoms with Crippen LogP contribution in [0.5, 0.6) is 0 Å². The summed E-state index contributed by atoms with van der Waals surface area (Å²) in [6, 6.07) is 4.54. The van der Waals surface area contributed by atoms with Crippen molar-refractivity contribution in [1.29, 1.82) is 0 Å². The summed E-state index contributed by atoms with van der Waals surface area (Å²) in [5.74, 6) is -0.947. The molecular weight excluding hydrogens is 233 g/mol. The largest absolute Gasteiger partial charge is 0.469 e. The molecule has 2 N–H and O–H groups in total. The van der Waals surface area contributed by atoms with Crippen molar-refractivity contribution in [3.8, 4) is 0 Å². The van der Waals surface area contributed by atoms with E-state index >= 15 is 0 Å². The van der Waals surface area contributed by atoms with Gasteiger partial charge in [0.15, 0.2) is 0 Å². The normalized spacial score (nSPS) is 13.2. The number of rotatable bonds is 4. The fourth-order valence-electron chi connectivity index (χ4n) is 2.01. The van der Waals surface area contributed by atoms with Gasteiger partial charge in [0.2, 0.25) is 0 Å². The highest BCUT2D eigenvalue weighted by atomic mass is 19.1. The fourth-order valence-corrected chi connectivity index (χ4v) is 2.01. The predicted octanol–water partition coefficient (Wildman–Crippen LogP) is 2.52. The lowest BCUT2D eigenvalue weighted by atomic mass is 9.79. The third kappa shape index (κ3) is 3.53. The average Bonchev–Trinajstić information content (AvgIpc) is 2.27. The second-order valence-corrected chi connectivity index (χ2v) is 5.16. The van der Waals surface area contributed by atoms with Crippen LogP contribution in [0.2, 0.25) is 0 Å². The molecule has 100 valence electrons. The molecule has 3 nitrogen and oxygen atoms in total. The van der Waals surface area contributed by atoms with Gasteiger partial charge < -0.3 is 10.5 Å². The van der Waals surface area contributed by atoms with Crippen LogP contribution in [-0.4, -0.2) is 18.6 Å². The van der Waals surface area contributed by atoms with E-state index in [1.54, 1.807) is 6.07 Å². The maximum absolute atomic E-state index is 13.4. The van der Waals surface area contributed by atoms with Crippen molar-refractivity contribution in [1.82, 2.24) is 0 Å². The smallest absolute Gasteiger partial charge is 0.306 e. The lowest BCUT2D eigenvalue weighted by Crippen LogP contribution is -2.40. The number of halogens is 1. The zero-order chi connectivity index (χ0) is 13.9. The Kier molecular flexibility index (Phi) is 4.46. The number of benzene rings is 1. The van der Waals surface area contributed by atoms with Crippen molar-refractivity contribution in [3.63, 3.8) is 0 Å². The molecule has 0 saturated heterocycles. The summed E-state index contributed by atoms with van der Waals surface area (Å²) in [6.07, 6.45) is 0.143. The highest BCUT2D eigenvalue weighted by Gasteiger charge is 2.30. The summed E-state index contributed by atoms with van der Waals surface area (Å²) < 4.78 is 18.0. The minimum Gasteiger partial charge on any atom is -0.469 e. The summed E-state index contributed by atoms with van der Waals surface area (Å²) in [5, 5.41) is 0. The Bertz CT molecular complexity index is 438. The zero-order valence-corrected chi connectivity index (χ0v) is 11.3. The van der Waals surface area contributed by atoms with Gasteiger partial charge in [0.1, 0.15) is 5.82 Å². The van der Waals surface area contributed by atoms with Gasteiger partial charge in [-0.05, 0) is 44.0 Å². The first-order chi connectivity index (χ1) is 8.25. The Hall–Kier alpha value is -1.42. The Morgan fingerprint density at radius 1 is 1.50 bits per heavy atom. The standard InChI is InChI=1S/C14H20FNO2/c1-9-5-6-10(15)7-11(9)12(14(2,3)16)8-13(17)18-4/h5-7,12H,8,16H2,1-4H3. The van der Waals surface area contributed by atoms with E-state index in [2.05, 4.69) is 4.74 Å². The van der Waals surface area contributed by atoms with Crippen molar-refractivity contribution < 1.29 is 13.9 Å². The molecule has 0 bridgehead atoms. The third-order valence-corrected chi connectivity index (χ3v) is 3.11. The molecule has 0 aromatic heterocycles. The molecule has 1 aromatic carbocycles. The predicted molar refractivity (Wildman–Crippen MR) is 68.8 cm³/mol. The Labute approximate surface area is 107 Å². The molecule has 0 heterocycles. The molecule has 0 fully saturated rings. The lowest BCUT2D eigenvalue weighted by molar-refractivity contribution is -0.141. The molecular formula is C14H20FNO2. The number of carbonyl (C=O) groups is 1. The second-order valence-electron chi connectivity index (χ2n) is 5.16. The molecule has 1 aromatic rings. The molecule has 4 heteroatoms. The maximum atomic E-state index is 13.4. The van der Waals surface area contributed by atoms with Crippen LogP contribution >= 0.6 is 0 Å². The summed E-state index contributed by atoms with van der Waals surface area (Å²) in [7, 11) is 1.33. The number of aryl methyl sites for hydroxylation is 1. The van der Waals surface area contributed by atoms with E-state index in [-0.39, 0.29) is 24.1 Å². The number of ether oxygens (including phenoxy) is 1. The van der Waals surface area contributed by atoms with Gasteiger partial charge >= 0.3 is 5.97 Å². The van der Waals surface area contributed by atoms with E-state index in [1.807, 2.05) is 20.8 Å². The summed E-state index contributed by atoms with van der Waals surface area (Å²) in [4.78, 5) is 11.5. The molecule has 1 atom stereocenters. The Morgan fingerprint density at radius 3 is 2.61 bits per heavy atom. The monoisotopic (exact) mass is 253 g/mol. The zero-order valence-electron chi connectivity index (χ0n) is 11.3. The molecule has 0 radical (unpaired) electrons. The van der Waals surface area contributed by atoms with E-state index in [1.165, 1.54) is 19.2 Å². The first-order valence-corrected chi connectivity index (χ1v) is 5.87. The van der Waals surface area contributed by atoms with Gasteiger partial charge in [-0.1, -0.05) is 6.07 Å². The van der Waals surface area contributed by atoms with Gasteiger partial charge in [-0.2, -0.15) is 0 Å². The maximum Gasteiger partial charge on any atom is 0.306 e. The Morgan fingerprint density at radius 2 is 2.11 bits per heavy atom. The number of hydrogen-bond donors (Lipinski definition) is 1. The molecule has 18 heavy (non-hydrogen) atoms. The van der Waals surface area contributed by atoms with Gasteiger partial charge in [0, 0.05) is 11.5 Å². The van der Waals surface area contributed by atoms with Crippen LogP contribution in [0.15, 0.2) is 18.2 Å². The van der Waals surface area contributed by atoms with E-state index in [9.17, 15) is 9.18 Å². The van der Waals surface area contributed by atoms with Crippen LogP contribution in [0.3, 0.4) is 0 Å². The average molecular weight is 253 g/mol. The van der Waals surface area contributed by atoms with Gasteiger partial charge in [-0.15, -0.1) is 0 Å². The minimum absolute atomic E-state index is 0.143. The molecule has 0 saturated carbocycles. The third-order valence-electron chi connectivity index (χ3n) is 3.11. The van der Waals surface area contributed by atoms with E-state index < -0.39 is 5.54 Å².